The molecule has 0 saturated carbocycles. The smallest absolute Gasteiger partial charge is 0.317 e. The number of fused-ring (bicyclic) bond motifs is 2. The Balaban J connectivity index is 1.54. The fourth-order valence-electron chi connectivity index (χ4n) is 3.97. The fourth-order valence-corrected chi connectivity index (χ4v) is 3.97. The highest BCUT2D eigenvalue weighted by Gasteiger charge is 2.47. The van der Waals surface area contributed by atoms with E-state index in [1.165, 1.54) is 0 Å². The summed E-state index contributed by atoms with van der Waals surface area (Å²) in [5.41, 5.74) is 5.90. The van der Waals surface area contributed by atoms with Crippen molar-refractivity contribution in [3.05, 3.63) is 35.1 Å². The van der Waals surface area contributed by atoms with Crippen LogP contribution in [0.15, 0.2) is 12.1 Å². The van der Waals surface area contributed by atoms with E-state index in [4.69, 9.17) is 5.73 Å². The SMILES string of the molecule is CC(C)NC(=O)N1C[C@H]2C[C@H]1CN2C(=O)C[C@H](N)Cc1cc(F)c(F)cc1F. The van der Waals surface area contributed by atoms with E-state index in [2.05, 4.69) is 5.32 Å². The van der Waals surface area contributed by atoms with Crippen molar-refractivity contribution in [1.82, 2.24) is 15.1 Å². The van der Waals surface area contributed by atoms with Crippen molar-refractivity contribution in [1.29, 1.82) is 0 Å². The van der Waals surface area contributed by atoms with Crippen molar-refractivity contribution in [2.24, 2.45) is 5.73 Å². The molecule has 1 aromatic carbocycles. The first kappa shape index (κ1) is 20.4. The molecule has 0 spiro atoms. The second-order valence-corrected chi connectivity index (χ2v) is 7.87. The largest absolute Gasteiger partial charge is 0.336 e. The van der Waals surface area contributed by atoms with Gasteiger partial charge in [0.1, 0.15) is 5.82 Å². The van der Waals surface area contributed by atoms with Crippen molar-refractivity contribution in [3.63, 3.8) is 0 Å². The van der Waals surface area contributed by atoms with Gasteiger partial charge in [-0.1, -0.05) is 0 Å². The van der Waals surface area contributed by atoms with Gasteiger partial charge in [-0.25, -0.2) is 18.0 Å². The summed E-state index contributed by atoms with van der Waals surface area (Å²) in [7, 11) is 0. The van der Waals surface area contributed by atoms with Gasteiger partial charge in [-0.15, -0.1) is 0 Å². The first-order chi connectivity index (χ1) is 13.2. The highest BCUT2D eigenvalue weighted by molar-refractivity contribution is 5.80. The molecular weight excluding hydrogens is 373 g/mol. The average Bonchev–Trinajstić information content (AvgIpc) is 3.19. The van der Waals surface area contributed by atoms with E-state index < -0.39 is 23.5 Å². The predicted octanol–water partition coefficient (Wildman–Crippen LogP) is 1.77. The van der Waals surface area contributed by atoms with Crippen LogP contribution in [0.4, 0.5) is 18.0 Å². The summed E-state index contributed by atoms with van der Waals surface area (Å²) in [6.07, 6.45) is 0.629. The van der Waals surface area contributed by atoms with Crippen LogP contribution in [0, 0.1) is 17.5 Å². The predicted molar refractivity (Wildman–Crippen MR) is 96.9 cm³/mol. The minimum absolute atomic E-state index is 0.0208. The highest BCUT2D eigenvalue weighted by atomic mass is 19.2. The standard InChI is InChI=1S/C19H25F3N4O2/c1-10(2)24-19(28)26-9-13-6-14(26)8-25(13)18(27)5-12(23)3-11-4-16(21)17(22)7-15(11)20/h4,7,10,12-14H,3,5-6,8-9,23H2,1-2H3,(H,24,28)/t12-,13-,14+/m1/s1. The Morgan fingerprint density at radius 2 is 1.71 bits per heavy atom. The number of piperazine rings is 1. The van der Waals surface area contributed by atoms with E-state index in [9.17, 15) is 22.8 Å². The number of nitrogens with two attached hydrogens (primary N) is 1. The summed E-state index contributed by atoms with van der Waals surface area (Å²) in [4.78, 5) is 28.2. The summed E-state index contributed by atoms with van der Waals surface area (Å²) >= 11 is 0. The Morgan fingerprint density at radius 3 is 2.32 bits per heavy atom. The van der Waals surface area contributed by atoms with Crippen LogP contribution in [0.25, 0.3) is 0 Å². The summed E-state index contributed by atoms with van der Waals surface area (Å²) < 4.78 is 40.1. The molecule has 1 aromatic rings. The van der Waals surface area contributed by atoms with Crippen molar-refractivity contribution in [2.45, 2.75) is 57.3 Å². The van der Waals surface area contributed by atoms with E-state index in [1.807, 2.05) is 13.8 Å². The number of carbonyl (C=O) groups excluding carboxylic acids is 2. The van der Waals surface area contributed by atoms with Gasteiger partial charge < -0.3 is 20.9 Å². The third-order valence-electron chi connectivity index (χ3n) is 5.24. The first-order valence-electron chi connectivity index (χ1n) is 9.41. The number of nitrogens with one attached hydrogen (secondary N) is 1. The lowest BCUT2D eigenvalue weighted by molar-refractivity contribution is -0.133. The highest BCUT2D eigenvalue weighted by Crippen LogP contribution is 2.31. The summed E-state index contributed by atoms with van der Waals surface area (Å²) in [6, 6.07) is 0.383. The molecule has 3 amide bonds. The first-order valence-corrected chi connectivity index (χ1v) is 9.41. The number of carbonyl (C=O) groups is 2. The molecule has 0 radical (unpaired) electrons. The van der Waals surface area contributed by atoms with E-state index in [-0.39, 0.29) is 48.5 Å². The monoisotopic (exact) mass is 398 g/mol. The number of hydrogen-bond donors (Lipinski definition) is 2. The number of benzene rings is 1. The van der Waals surface area contributed by atoms with E-state index in [0.717, 1.165) is 12.5 Å². The summed E-state index contributed by atoms with van der Waals surface area (Å²) in [5, 5.41) is 2.86. The average molecular weight is 398 g/mol. The number of amides is 3. The Kier molecular flexibility index (Phi) is 5.83. The minimum atomic E-state index is -1.26. The Hall–Kier alpha value is -2.29. The Labute approximate surface area is 161 Å². The fraction of sp³-hybridized carbons (Fsp3) is 0.579. The zero-order valence-corrected chi connectivity index (χ0v) is 15.9. The molecule has 2 fully saturated rings. The molecule has 0 aromatic heterocycles. The van der Waals surface area contributed by atoms with Crippen LogP contribution in [0.5, 0.6) is 0 Å². The van der Waals surface area contributed by atoms with Crippen molar-refractivity contribution >= 4 is 11.9 Å². The Morgan fingerprint density at radius 1 is 1.11 bits per heavy atom. The van der Waals surface area contributed by atoms with Gasteiger partial charge in [-0.2, -0.15) is 0 Å². The lowest BCUT2D eigenvalue weighted by Gasteiger charge is -2.35. The lowest BCUT2D eigenvalue weighted by Crippen LogP contribution is -2.54. The molecule has 3 N–H and O–H groups in total. The maximum atomic E-state index is 13.8. The van der Waals surface area contributed by atoms with Crippen molar-refractivity contribution < 1.29 is 22.8 Å². The van der Waals surface area contributed by atoms with Crippen LogP contribution in [0.1, 0.15) is 32.3 Å². The third-order valence-corrected chi connectivity index (χ3v) is 5.24. The number of hydrogen-bond acceptors (Lipinski definition) is 3. The van der Waals surface area contributed by atoms with Crippen molar-refractivity contribution in [2.75, 3.05) is 13.1 Å². The van der Waals surface area contributed by atoms with Gasteiger partial charge in [0, 0.05) is 37.7 Å². The van der Waals surface area contributed by atoms with Crippen LogP contribution < -0.4 is 11.1 Å². The van der Waals surface area contributed by atoms with Gasteiger partial charge >= 0.3 is 6.03 Å². The van der Waals surface area contributed by atoms with Gasteiger partial charge in [-0.3, -0.25) is 4.79 Å². The molecule has 28 heavy (non-hydrogen) atoms. The molecule has 3 atom stereocenters. The normalized spacial score (nSPS) is 22.1. The molecule has 9 heteroatoms. The molecule has 2 aliphatic rings. The van der Waals surface area contributed by atoms with Gasteiger partial charge in [-0.05, 0) is 38.3 Å². The molecule has 2 heterocycles. The molecule has 3 rings (SSSR count). The molecule has 2 bridgehead atoms. The number of nitrogens with zero attached hydrogens (tertiary/aromatic N) is 2. The second kappa shape index (κ2) is 7.98. The van der Waals surface area contributed by atoms with Crippen LogP contribution in [0.2, 0.25) is 0 Å². The van der Waals surface area contributed by atoms with Gasteiger partial charge in [0.2, 0.25) is 5.91 Å². The molecule has 6 nitrogen and oxygen atoms in total. The summed E-state index contributed by atoms with van der Waals surface area (Å²) in [5.74, 6) is -3.46. The molecule has 154 valence electrons. The number of rotatable bonds is 5. The van der Waals surface area contributed by atoms with E-state index in [1.54, 1.807) is 9.80 Å². The number of likely N-dealkylation sites (tertiary alicyclic amines) is 2. The summed E-state index contributed by atoms with van der Waals surface area (Å²) in [6.45, 7) is 4.70. The van der Waals surface area contributed by atoms with Gasteiger partial charge in [0.05, 0.1) is 12.1 Å². The topological polar surface area (TPSA) is 78.7 Å². The zero-order chi connectivity index (χ0) is 20.6. The van der Waals surface area contributed by atoms with Crippen LogP contribution in [-0.2, 0) is 11.2 Å². The minimum Gasteiger partial charge on any atom is -0.336 e. The molecule has 2 aliphatic heterocycles. The quantitative estimate of drug-likeness (QED) is 0.742. The molecule has 0 aliphatic carbocycles. The molecular formula is C19H25F3N4O2. The van der Waals surface area contributed by atoms with Crippen LogP contribution in [-0.4, -0.2) is 59.0 Å². The number of halogens is 3. The molecule has 2 saturated heterocycles. The van der Waals surface area contributed by atoms with Crippen LogP contribution >= 0.6 is 0 Å². The molecule has 0 unspecified atom stereocenters. The van der Waals surface area contributed by atoms with Crippen molar-refractivity contribution in [3.8, 4) is 0 Å². The van der Waals surface area contributed by atoms with E-state index in [0.29, 0.717) is 19.2 Å². The lowest BCUT2D eigenvalue weighted by atomic mass is 10.0. The number of urea groups is 1. The maximum Gasteiger partial charge on any atom is 0.317 e. The zero-order valence-electron chi connectivity index (χ0n) is 15.9. The van der Waals surface area contributed by atoms with Gasteiger partial charge in [0.15, 0.2) is 11.6 Å². The second-order valence-electron chi connectivity index (χ2n) is 7.87. The Bertz CT molecular complexity index is 774. The maximum absolute atomic E-state index is 13.8. The van der Waals surface area contributed by atoms with Gasteiger partial charge in [0.25, 0.3) is 0 Å². The van der Waals surface area contributed by atoms with E-state index >= 15 is 0 Å². The van der Waals surface area contributed by atoms with Crippen LogP contribution in [0.3, 0.4) is 0 Å². The third kappa shape index (κ3) is 4.24.